The van der Waals surface area contributed by atoms with Crippen molar-refractivity contribution in [1.82, 2.24) is 29.5 Å². The number of H-pyrrole nitrogens is 3. The van der Waals surface area contributed by atoms with E-state index in [-0.39, 0.29) is 5.56 Å². The van der Waals surface area contributed by atoms with E-state index in [2.05, 4.69) is 31.8 Å². The van der Waals surface area contributed by atoms with Crippen molar-refractivity contribution in [3.05, 3.63) is 38.1 Å². The van der Waals surface area contributed by atoms with E-state index in [0.717, 1.165) is 30.8 Å². The molecule has 0 saturated heterocycles. The minimum Gasteiger partial charge on any atom is -0.343 e. The van der Waals surface area contributed by atoms with Gasteiger partial charge in [0, 0.05) is 6.42 Å². The SMILES string of the molecule is CCCCc1nc(Cl)c(Cn2c(=S)[nH]c(=O)c3[nH]cnc32)[nH]1. The Balaban J connectivity index is 2.00. The van der Waals surface area contributed by atoms with Crippen LogP contribution in [0.5, 0.6) is 0 Å². The van der Waals surface area contributed by atoms with Crippen LogP contribution in [0.1, 0.15) is 31.3 Å². The largest absolute Gasteiger partial charge is 0.343 e. The number of rotatable bonds is 5. The molecular weight excluding hydrogens is 324 g/mol. The molecule has 0 amide bonds. The molecule has 3 rings (SSSR count). The second-order valence-electron chi connectivity index (χ2n) is 5.00. The molecule has 0 fully saturated rings. The minimum atomic E-state index is -0.284. The van der Waals surface area contributed by atoms with Crippen LogP contribution in [-0.4, -0.2) is 29.5 Å². The van der Waals surface area contributed by atoms with Gasteiger partial charge in [-0.2, -0.15) is 0 Å². The Morgan fingerprint density at radius 2 is 2.23 bits per heavy atom. The normalized spacial score (nSPS) is 11.4. The number of hydrogen-bond donors (Lipinski definition) is 3. The number of nitrogens with zero attached hydrogens (tertiary/aromatic N) is 3. The Bertz CT molecular complexity index is 921. The Labute approximate surface area is 135 Å². The summed E-state index contributed by atoms with van der Waals surface area (Å²) in [5.41, 5.74) is 1.35. The van der Waals surface area contributed by atoms with Gasteiger partial charge in [0.1, 0.15) is 11.3 Å². The maximum absolute atomic E-state index is 11.8. The number of aromatic amines is 3. The molecule has 0 spiro atoms. The van der Waals surface area contributed by atoms with Gasteiger partial charge in [-0.05, 0) is 18.6 Å². The van der Waals surface area contributed by atoms with E-state index in [1.165, 1.54) is 6.33 Å². The van der Waals surface area contributed by atoms with E-state index in [0.29, 0.717) is 27.6 Å². The third kappa shape index (κ3) is 2.71. The molecule has 3 heterocycles. The highest BCUT2D eigenvalue weighted by molar-refractivity contribution is 7.71. The number of halogens is 1. The van der Waals surface area contributed by atoms with Crippen LogP contribution in [0, 0.1) is 4.77 Å². The number of imidazole rings is 2. The molecule has 22 heavy (non-hydrogen) atoms. The first-order valence-corrected chi connectivity index (χ1v) is 7.78. The lowest BCUT2D eigenvalue weighted by molar-refractivity contribution is 0.739. The van der Waals surface area contributed by atoms with Gasteiger partial charge in [-0.1, -0.05) is 24.9 Å². The quantitative estimate of drug-likeness (QED) is 0.623. The van der Waals surface area contributed by atoms with Crippen molar-refractivity contribution in [1.29, 1.82) is 0 Å². The van der Waals surface area contributed by atoms with Crippen LogP contribution in [0.15, 0.2) is 11.1 Å². The fourth-order valence-electron chi connectivity index (χ4n) is 2.29. The van der Waals surface area contributed by atoms with Crippen LogP contribution in [0.25, 0.3) is 11.2 Å². The summed E-state index contributed by atoms with van der Waals surface area (Å²) in [5, 5.41) is 0.419. The van der Waals surface area contributed by atoms with Gasteiger partial charge < -0.3 is 9.97 Å². The van der Waals surface area contributed by atoms with E-state index in [9.17, 15) is 4.79 Å². The monoisotopic (exact) mass is 338 g/mol. The van der Waals surface area contributed by atoms with Crippen LogP contribution in [0.4, 0.5) is 0 Å². The number of nitrogens with one attached hydrogen (secondary N) is 3. The lowest BCUT2D eigenvalue weighted by atomic mass is 10.2. The molecule has 3 N–H and O–H groups in total. The van der Waals surface area contributed by atoms with E-state index in [4.69, 9.17) is 23.8 Å². The van der Waals surface area contributed by atoms with Crippen LogP contribution in [0.3, 0.4) is 0 Å². The second kappa shape index (κ2) is 6.05. The molecule has 0 atom stereocenters. The standard InChI is InChI=1S/C13H15ClN6OS/c1-2-3-4-8-17-7(10(14)18-8)5-20-11-9(15-6-16-11)12(21)19-13(20)22/h6H,2-5H2,1H3,(H,15,16)(H,17,18)(H,19,21,22). The van der Waals surface area contributed by atoms with Crippen LogP contribution in [-0.2, 0) is 13.0 Å². The fraction of sp³-hybridized carbons (Fsp3) is 0.385. The van der Waals surface area contributed by atoms with Crippen molar-refractivity contribution in [2.75, 3.05) is 0 Å². The van der Waals surface area contributed by atoms with Gasteiger partial charge in [-0.25, -0.2) is 9.97 Å². The van der Waals surface area contributed by atoms with Crippen LogP contribution < -0.4 is 5.56 Å². The van der Waals surface area contributed by atoms with Gasteiger partial charge >= 0.3 is 0 Å². The maximum Gasteiger partial charge on any atom is 0.277 e. The van der Waals surface area contributed by atoms with Crippen LogP contribution in [0.2, 0.25) is 5.15 Å². The number of aromatic nitrogens is 6. The van der Waals surface area contributed by atoms with Crippen LogP contribution >= 0.6 is 23.8 Å². The summed E-state index contributed by atoms with van der Waals surface area (Å²) < 4.78 is 2.01. The Hall–Kier alpha value is -1.93. The molecule has 0 aromatic carbocycles. The molecule has 9 heteroatoms. The van der Waals surface area contributed by atoms with Crippen molar-refractivity contribution < 1.29 is 0 Å². The van der Waals surface area contributed by atoms with Gasteiger partial charge in [-0.15, -0.1) is 0 Å². The molecule has 0 aliphatic heterocycles. The first-order chi connectivity index (χ1) is 10.6. The molecule has 116 valence electrons. The molecule has 3 aromatic rings. The topological polar surface area (TPSA) is 95.2 Å². The third-order valence-electron chi connectivity index (χ3n) is 3.43. The zero-order chi connectivity index (χ0) is 15.7. The zero-order valence-electron chi connectivity index (χ0n) is 11.9. The fourth-order valence-corrected chi connectivity index (χ4v) is 2.75. The van der Waals surface area contributed by atoms with Gasteiger partial charge in [0.2, 0.25) is 0 Å². The molecule has 0 aliphatic rings. The highest BCUT2D eigenvalue weighted by Gasteiger charge is 2.13. The molecule has 0 unspecified atom stereocenters. The molecule has 7 nitrogen and oxygen atoms in total. The first kappa shape index (κ1) is 15.0. The second-order valence-corrected chi connectivity index (χ2v) is 5.75. The van der Waals surface area contributed by atoms with Crippen molar-refractivity contribution in [2.45, 2.75) is 32.7 Å². The van der Waals surface area contributed by atoms with E-state index < -0.39 is 0 Å². The summed E-state index contributed by atoms with van der Waals surface area (Å²) in [6.07, 6.45) is 4.45. The van der Waals surface area contributed by atoms with E-state index >= 15 is 0 Å². The molecule has 0 saturated carbocycles. The third-order valence-corrected chi connectivity index (χ3v) is 4.06. The molecule has 0 bridgehead atoms. The summed E-state index contributed by atoms with van der Waals surface area (Å²) in [6, 6.07) is 0. The van der Waals surface area contributed by atoms with Crippen molar-refractivity contribution in [3.63, 3.8) is 0 Å². The predicted molar refractivity (Wildman–Crippen MR) is 86.9 cm³/mol. The Morgan fingerprint density at radius 1 is 1.41 bits per heavy atom. The van der Waals surface area contributed by atoms with Gasteiger partial charge in [0.25, 0.3) is 5.56 Å². The zero-order valence-corrected chi connectivity index (χ0v) is 13.5. The number of fused-ring (bicyclic) bond motifs is 1. The van der Waals surface area contributed by atoms with Crippen molar-refractivity contribution in [2.24, 2.45) is 0 Å². The Kier molecular flexibility index (Phi) is 4.12. The lowest BCUT2D eigenvalue weighted by Crippen LogP contribution is -2.15. The highest BCUT2D eigenvalue weighted by atomic mass is 35.5. The lowest BCUT2D eigenvalue weighted by Gasteiger charge is -2.06. The average Bonchev–Trinajstić information content (AvgIpc) is 3.08. The van der Waals surface area contributed by atoms with Gasteiger partial charge in [0.05, 0.1) is 18.6 Å². The van der Waals surface area contributed by atoms with Crippen molar-refractivity contribution >= 4 is 35.0 Å². The minimum absolute atomic E-state index is 0.284. The van der Waals surface area contributed by atoms with Gasteiger partial charge in [-0.3, -0.25) is 14.3 Å². The molecule has 0 aliphatic carbocycles. The van der Waals surface area contributed by atoms with Crippen molar-refractivity contribution in [3.8, 4) is 0 Å². The summed E-state index contributed by atoms with van der Waals surface area (Å²) in [7, 11) is 0. The number of hydrogen-bond acceptors (Lipinski definition) is 4. The summed E-state index contributed by atoms with van der Waals surface area (Å²) in [4.78, 5) is 28.9. The van der Waals surface area contributed by atoms with E-state index in [1.54, 1.807) is 4.57 Å². The van der Waals surface area contributed by atoms with E-state index in [1.807, 2.05) is 0 Å². The maximum atomic E-state index is 11.8. The smallest absolute Gasteiger partial charge is 0.277 e. The molecule has 0 radical (unpaired) electrons. The number of aryl methyl sites for hydroxylation is 1. The molecular formula is C13H15ClN6OS. The van der Waals surface area contributed by atoms with Gasteiger partial charge in [0.15, 0.2) is 15.6 Å². The first-order valence-electron chi connectivity index (χ1n) is 6.99. The molecule has 3 aromatic heterocycles. The average molecular weight is 339 g/mol. The Morgan fingerprint density at radius 3 is 3.00 bits per heavy atom. The summed E-state index contributed by atoms with van der Waals surface area (Å²) >= 11 is 11.4. The number of unbranched alkanes of at least 4 members (excludes halogenated alkanes) is 1. The predicted octanol–water partition coefficient (Wildman–Crippen LogP) is 2.55. The summed E-state index contributed by atoms with van der Waals surface area (Å²) in [5.74, 6) is 0.857. The summed E-state index contributed by atoms with van der Waals surface area (Å²) in [6.45, 7) is 2.49. The highest BCUT2D eigenvalue weighted by Crippen LogP contribution is 2.17.